The standard InChI is InChI=1S/C7H10Br2N4/c8-6-10-7(9)13(11-6)5-12-3-1-2-4-12/h1-5H2. The Hall–Kier alpha value is 0.0600. The molecule has 1 aromatic heterocycles. The summed E-state index contributed by atoms with van der Waals surface area (Å²) in [5, 5.41) is 4.21. The molecule has 0 aromatic carbocycles. The molecule has 6 heteroatoms. The van der Waals surface area contributed by atoms with Crippen molar-refractivity contribution in [2.45, 2.75) is 19.5 Å². The van der Waals surface area contributed by atoms with Crippen LogP contribution in [0.25, 0.3) is 0 Å². The zero-order valence-corrected chi connectivity index (χ0v) is 10.3. The number of nitrogens with zero attached hydrogens (tertiary/aromatic N) is 4. The summed E-state index contributed by atoms with van der Waals surface area (Å²) >= 11 is 6.60. The highest BCUT2D eigenvalue weighted by atomic mass is 79.9. The Morgan fingerprint density at radius 1 is 1.23 bits per heavy atom. The molecule has 0 saturated carbocycles. The Morgan fingerprint density at radius 3 is 2.46 bits per heavy atom. The molecule has 0 amide bonds. The van der Waals surface area contributed by atoms with E-state index in [1.54, 1.807) is 0 Å². The summed E-state index contributed by atoms with van der Waals surface area (Å²) in [4.78, 5) is 6.48. The zero-order valence-electron chi connectivity index (χ0n) is 7.08. The highest BCUT2D eigenvalue weighted by Gasteiger charge is 2.14. The van der Waals surface area contributed by atoms with Gasteiger partial charge in [-0.3, -0.25) is 4.90 Å². The van der Waals surface area contributed by atoms with Crippen LogP contribution in [0.3, 0.4) is 0 Å². The van der Waals surface area contributed by atoms with Crippen molar-refractivity contribution in [2.24, 2.45) is 0 Å². The minimum atomic E-state index is 0.638. The lowest BCUT2D eigenvalue weighted by atomic mass is 10.4. The van der Waals surface area contributed by atoms with E-state index in [0.717, 1.165) is 11.4 Å². The average molecular weight is 310 g/mol. The van der Waals surface area contributed by atoms with Gasteiger partial charge in [-0.2, -0.15) is 4.98 Å². The molecular weight excluding hydrogens is 300 g/mol. The number of halogens is 2. The first kappa shape index (κ1) is 9.61. The highest BCUT2D eigenvalue weighted by Crippen LogP contribution is 2.14. The van der Waals surface area contributed by atoms with E-state index in [9.17, 15) is 0 Å². The van der Waals surface area contributed by atoms with Crippen molar-refractivity contribution in [3.8, 4) is 0 Å². The normalized spacial score (nSPS) is 18.3. The van der Waals surface area contributed by atoms with Gasteiger partial charge in [-0.05, 0) is 57.8 Å². The summed E-state index contributed by atoms with van der Waals surface area (Å²) in [7, 11) is 0. The van der Waals surface area contributed by atoms with Crippen molar-refractivity contribution in [3.63, 3.8) is 0 Å². The molecule has 0 aliphatic carbocycles. The maximum Gasteiger partial charge on any atom is 0.218 e. The van der Waals surface area contributed by atoms with E-state index in [1.165, 1.54) is 25.9 Å². The smallest absolute Gasteiger partial charge is 0.218 e. The van der Waals surface area contributed by atoms with Gasteiger partial charge in [0.2, 0.25) is 4.73 Å². The molecule has 1 saturated heterocycles. The van der Waals surface area contributed by atoms with Gasteiger partial charge in [0.05, 0.1) is 6.67 Å². The summed E-state index contributed by atoms with van der Waals surface area (Å²) < 4.78 is 3.28. The largest absolute Gasteiger partial charge is 0.284 e. The Bertz CT molecular complexity index is 293. The van der Waals surface area contributed by atoms with E-state index in [-0.39, 0.29) is 0 Å². The number of likely N-dealkylation sites (tertiary alicyclic amines) is 1. The lowest BCUT2D eigenvalue weighted by Crippen LogP contribution is -2.23. The van der Waals surface area contributed by atoms with Gasteiger partial charge < -0.3 is 0 Å². The van der Waals surface area contributed by atoms with E-state index in [0.29, 0.717) is 4.73 Å². The first-order valence-electron chi connectivity index (χ1n) is 4.24. The molecule has 0 atom stereocenters. The van der Waals surface area contributed by atoms with Gasteiger partial charge in [-0.15, -0.1) is 5.10 Å². The lowest BCUT2D eigenvalue weighted by Gasteiger charge is -2.13. The van der Waals surface area contributed by atoms with Crippen molar-refractivity contribution >= 4 is 31.9 Å². The maximum atomic E-state index is 4.21. The molecule has 2 rings (SSSR count). The van der Waals surface area contributed by atoms with Crippen LogP contribution < -0.4 is 0 Å². The van der Waals surface area contributed by atoms with Crippen LogP contribution in [0.15, 0.2) is 9.47 Å². The molecule has 0 spiro atoms. The Kier molecular flexibility index (Phi) is 3.00. The highest BCUT2D eigenvalue weighted by molar-refractivity contribution is 9.11. The molecular formula is C7H10Br2N4. The Labute approximate surface area is 93.6 Å². The minimum Gasteiger partial charge on any atom is -0.284 e. The zero-order chi connectivity index (χ0) is 9.26. The summed E-state index contributed by atoms with van der Waals surface area (Å²) in [6.45, 7) is 3.17. The minimum absolute atomic E-state index is 0.638. The Balaban J connectivity index is 2.03. The van der Waals surface area contributed by atoms with Crippen LogP contribution in [0.4, 0.5) is 0 Å². The summed E-state index contributed by atoms with van der Waals surface area (Å²) in [6.07, 6.45) is 2.60. The first-order valence-corrected chi connectivity index (χ1v) is 5.82. The quantitative estimate of drug-likeness (QED) is 0.836. The van der Waals surface area contributed by atoms with Crippen LogP contribution in [0.2, 0.25) is 0 Å². The fourth-order valence-corrected chi connectivity index (χ4v) is 2.46. The fraction of sp³-hybridized carbons (Fsp3) is 0.714. The topological polar surface area (TPSA) is 34.0 Å². The van der Waals surface area contributed by atoms with Gasteiger partial charge in [0.15, 0.2) is 4.73 Å². The summed E-state index contributed by atoms with van der Waals surface area (Å²) in [6, 6.07) is 0. The van der Waals surface area contributed by atoms with Crippen LogP contribution >= 0.6 is 31.9 Å². The predicted molar refractivity (Wildman–Crippen MR) is 56.2 cm³/mol. The number of rotatable bonds is 2. The molecule has 2 heterocycles. The molecule has 0 radical (unpaired) electrons. The molecule has 1 aromatic rings. The summed E-state index contributed by atoms with van der Waals surface area (Å²) in [5.74, 6) is 0. The van der Waals surface area contributed by atoms with Crippen LogP contribution in [-0.4, -0.2) is 32.8 Å². The molecule has 0 N–H and O–H groups in total. The third-order valence-corrected chi connectivity index (χ3v) is 3.06. The van der Waals surface area contributed by atoms with Gasteiger partial charge >= 0.3 is 0 Å². The molecule has 13 heavy (non-hydrogen) atoms. The van der Waals surface area contributed by atoms with Crippen LogP contribution in [-0.2, 0) is 6.67 Å². The molecule has 1 fully saturated rings. The number of hydrogen-bond donors (Lipinski definition) is 0. The predicted octanol–water partition coefficient (Wildman–Crippen LogP) is 1.86. The second-order valence-corrected chi connectivity index (χ2v) is 4.53. The van der Waals surface area contributed by atoms with Crippen molar-refractivity contribution < 1.29 is 0 Å². The lowest BCUT2D eigenvalue weighted by molar-refractivity contribution is 0.252. The van der Waals surface area contributed by atoms with Gasteiger partial charge in [0.25, 0.3) is 0 Å². The fourth-order valence-electron chi connectivity index (χ4n) is 1.50. The monoisotopic (exact) mass is 308 g/mol. The second kappa shape index (κ2) is 4.06. The molecule has 72 valence electrons. The summed E-state index contributed by atoms with van der Waals surface area (Å²) in [5.41, 5.74) is 0. The second-order valence-electron chi connectivity index (χ2n) is 3.12. The number of hydrogen-bond acceptors (Lipinski definition) is 3. The van der Waals surface area contributed by atoms with Crippen molar-refractivity contribution in [1.82, 2.24) is 19.7 Å². The molecule has 0 bridgehead atoms. The van der Waals surface area contributed by atoms with Crippen LogP contribution in [0.5, 0.6) is 0 Å². The van der Waals surface area contributed by atoms with E-state index in [1.807, 2.05) is 4.68 Å². The third kappa shape index (κ3) is 2.30. The van der Waals surface area contributed by atoms with E-state index < -0.39 is 0 Å². The first-order chi connectivity index (χ1) is 6.25. The van der Waals surface area contributed by atoms with E-state index in [2.05, 4.69) is 46.8 Å². The number of aromatic nitrogens is 3. The van der Waals surface area contributed by atoms with Gasteiger partial charge in [-0.25, -0.2) is 4.68 Å². The van der Waals surface area contributed by atoms with Crippen molar-refractivity contribution in [2.75, 3.05) is 13.1 Å². The molecule has 4 nitrogen and oxygen atoms in total. The SMILES string of the molecule is Brc1nc(Br)n(CN2CCCC2)n1. The van der Waals surface area contributed by atoms with Crippen LogP contribution in [0, 0.1) is 0 Å². The van der Waals surface area contributed by atoms with E-state index >= 15 is 0 Å². The Morgan fingerprint density at radius 2 is 1.92 bits per heavy atom. The molecule has 0 unspecified atom stereocenters. The van der Waals surface area contributed by atoms with Crippen molar-refractivity contribution in [1.29, 1.82) is 0 Å². The molecule has 1 aliphatic heterocycles. The van der Waals surface area contributed by atoms with Gasteiger partial charge in [0, 0.05) is 0 Å². The van der Waals surface area contributed by atoms with E-state index in [4.69, 9.17) is 0 Å². The van der Waals surface area contributed by atoms with Gasteiger partial charge in [0.1, 0.15) is 0 Å². The average Bonchev–Trinajstić information content (AvgIpc) is 2.63. The van der Waals surface area contributed by atoms with Crippen molar-refractivity contribution in [3.05, 3.63) is 9.47 Å². The maximum absolute atomic E-state index is 4.21. The van der Waals surface area contributed by atoms with Crippen LogP contribution in [0.1, 0.15) is 12.8 Å². The van der Waals surface area contributed by atoms with Gasteiger partial charge in [-0.1, -0.05) is 0 Å². The third-order valence-electron chi connectivity index (χ3n) is 2.13. The molecule has 1 aliphatic rings.